The molecule has 0 amide bonds. The molecule has 0 fully saturated rings. The molecule has 0 radical (unpaired) electrons. The number of aromatic nitrogens is 2. The number of nitrogens with zero attached hydrogens (tertiary/aromatic N) is 3. The van der Waals surface area contributed by atoms with E-state index in [9.17, 15) is 37.2 Å². The van der Waals surface area contributed by atoms with Crippen LogP contribution < -0.4 is 11.2 Å². The molecule has 174 valence electrons. The van der Waals surface area contributed by atoms with Crippen LogP contribution in [-0.4, -0.2) is 20.7 Å². The number of hydrogen-bond donors (Lipinski definition) is 0. The Morgan fingerprint density at radius 3 is 2.28 bits per heavy atom. The number of alkyl halides is 3. The average Bonchev–Trinajstić information content (AvgIpc) is 2.76. The summed E-state index contributed by atoms with van der Waals surface area (Å²) in [6.07, 6.45) is -3.64. The third-order valence-corrected chi connectivity index (χ3v) is 6.06. The highest BCUT2D eigenvalue weighted by molar-refractivity contribution is 8.00. The zero-order chi connectivity index (χ0) is 24.8. The molecule has 32 heavy (non-hydrogen) atoms. The van der Waals surface area contributed by atoms with Crippen LogP contribution in [0.3, 0.4) is 0 Å². The topological polar surface area (TPSA) is 84.9 Å². The van der Waals surface area contributed by atoms with Gasteiger partial charge >= 0.3 is 11.9 Å². The Kier molecular flexibility index (Phi) is 9.45. The van der Waals surface area contributed by atoms with E-state index in [1.807, 2.05) is 20.8 Å². The van der Waals surface area contributed by atoms with Gasteiger partial charge in [0.2, 0.25) is 0 Å². The first-order valence-electron chi connectivity index (χ1n) is 9.72. The first-order chi connectivity index (χ1) is 15.0. The molecule has 1 heterocycles. The SMILES string of the molecule is CC.CCC(C)C(C=O)Sc1cc(-n2c(=O)cc(C(F)(F)F)n(C)c2=O)c(F)cc1C#N. The maximum atomic E-state index is 14.6. The first-order valence-corrected chi connectivity index (χ1v) is 10.6. The zero-order valence-corrected chi connectivity index (χ0v) is 19.0. The first kappa shape index (κ1) is 27.2. The molecule has 2 atom stereocenters. The summed E-state index contributed by atoms with van der Waals surface area (Å²) in [4.78, 5) is 36.3. The van der Waals surface area contributed by atoms with Crippen LogP contribution in [0.15, 0.2) is 32.7 Å². The van der Waals surface area contributed by atoms with Gasteiger partial charge in [0.15, 0.2) is 0 Å². The lowest BCUT2D eigenvalue weighted by Gasteiger charge is -2.18. The second-order valence-electron chi connectivity index (χ2n) is 6.56. The van der Waals surface area contributed by atoms with Crippen molar-refractivity contribution in [3.63, 3.8) is 0 Å². The van der Waals surface area contributed by atoms with E-state index in [1.165, 1.54) is 0 Å². The maximum absolute atomic E-state index is 14.6. The second kappa shape index (κ2) is 11.1. The molecule has 0 aliphatic carbocycles. The van der Waals surface area contributed by atoms with Gasteiger partial charge < -0.3 is 4.79 Å². The van der Waals surface area contributed by atoms with Gasteiger partial charge in [0.1, 0.15) is 23.9 Å². The second-order valence-corrected chi connectivity index (χ2v) is 7.78. The Balaban J connectivity index is 0.00000249. The molecule has 0 saturated carbocycles. The van der Waals surface area contributed by atoms with Crippen molar-refractivity contribution in [1.29, 1.82) is 5.26 Å². The van der Waals surface area contributed by atoms with Gasteiger partial charge in [-0.1, -0.05) is 34.1 Å². The summed E-state index contributed by atoms with van der Waals surface area (Å²) in [5.74, 6) is -1.23. The van der Waals surface area contributed by atoms with E-state index in [2.05, 4.69) is 0 Å². The zero-order valence-electron chi connectivity index (χ0n) is 18.2. The number of aldehydes is 1. The number of thioether (sulfide) groups is 1. The Labute approximate surface area is 186 Å². The predicted molar refractivity (Wildman–Crippen MR) is 113 cm³/mol. The van der Waals surface area contributed by atoms with E-state index in [1.54, 1.807) is 13.0 Å². The average molecular weight is 473 g/mol. The Morgan fingerprint density at radius 1 is 1.22 bits per heavy atom. The molecule has 0 N–H and O–H groups in total. The van der Waals surface area contributed by atoms with Crippen LogP contribution in [-0.2, 0) is 18.0 Å². The maximum Gasteiger partial charge on any atom is 0.431 e. The molecule has 0 spiro atoms. The molecule has 0 saturated heterocycles. The smallest absolute Gasteiger partial charge is 0.302 e. The number of nitriles is 1. The largest absolute Gasteiger partial charge is 0.431 e. The third-order valence-electron chi connectivity index (χ3n) is 4.62. The highest BCUT2D eigenvalue weighted by Crippen LogP contribution is 2.33. The van der Waals surface area contributed by atoms with Gasteiger partial charge in [-0.05, 0) is 18.1 Å². The van der Waals surface area contributed by atoms with Gasteiger partial charge in [-0.2, -0.15) is 18.4 Å². The molecule has 1 aromatic carbocycles. The van der Waals surface area contributed by atoms with Crippen LogP contribution in [0.4, 0.5) is 17.6 Å². The highest BCUT2D eigenvalue weighted by atomic mass is 32.2. The monoisotopic (exact) mass is 473 g/mol. The van der Waals surface area contributed by atoms with Crippen molar-refractivity contribution in [2.24, 2.45) is 13.0 Å². The summed E-state index contributed by atoms with van der Waals surface area (Å²) in [7, 11) is 0.809. The third kappa shape index (κ3) is 5.68. The minimum absolute atomic E-state index is 0.0887. The fourth-order valence-electron chi connectivity index (χ4n) is 2.68. The lowest BCUT2D eigenvalue weighted by molar-refractivity contribution is -0.144. The standard InChI is InChI=1S/C19H17F4N3O3S.C2H6/c1-4-10(2)15(9-27)30-14-6-13(12(20)5-11(14)8-24)26-17(28)7-16(19(21,22)23)25(3)18(26)29;1-2/h5-7,9-10,15H,4H2,1-3H3;1-2H3. The molecule has 2 rings (SSSR count). The van der Waals surface area contributed by atoms with Crippen molar-refractivity contribution in [2.45, 2.75) is 50.4 Å². The van der Waals surface area contributed by atoms with Crippen LogP contribution >= 0.6 is 11.8 Å². The van der Waals surface area contributed by atoms with E-state index in [4.69, 9.17) is 0 Å². The van der Waals surface area contributed by atoms with Crippen LogP contribution in [0.2, 0.25) is 0 Å². The number of halogens is 4. The number of carbonyl (C=O) groups excluding carboxylic acids is 1. The molecule has 0 bridgehead atoms. The molecular formula is C21H23F4N3O3S. The van der Waals surface area contributed by atoms with Crippen molar-refractivity contribution < 1.29 is 22.4 Å². The predicted octanol–water partition coefficient (Wildman–Crippen LogP) is 4.30. The number of rotatable bonds is 6. The molecule has 0 aliphatic heterocycles. The van der Waals surface area contributed by atoms with E-state index in [-0.39, 0.29) is 31.6 Å². The van der Waals surface area contributed by atoms with Crippen molar-refractivity contribution in [3.8, 4) is 11.8 Å². The summed E-state index contributed by atoms with van der Waals surface area (Å²) in [5, 5.41) is 8.70. The van der Waals surface area contributed by atoms with Gasteiger partial charge in [-0.25, -0.2) is 13.8 Å². The highest BCUT2D eigenvalue weighted by Gasteiger charge is 2.35. The molecule has 2 aromatic rings. The molecular weight excluding hydrogens is 450 g/mol. The number of hydrogen-bond acceptors (Lipinski definition) is 5. The summed E-state index contributed by atoms with van der Waals surface area (Å²) >= 11 is 0.952. The van der Waals surface area contributed by atoms with Crippen molar-refractivity contribution in [2.75, 3.05) is 0 Å². The van der Waals surface area contributed by atoms with E-state index in [0.717, 1.165) is 30.9 Å². The molecule has 6 nitrogen and oxygen atoms in total. The molecule has 11 heteroatoms. The van der Waals surface area contributed by atoms with Gasteiger partial charge in [0.05, 0.1) is 16.5 Å². The molecule has 2 unspecified atom stereocenters. The quantitative estimate of drug-likeness (QED) is 0.355. The van der Waals surface area contributed by atoms with E-state index in [0.29, 0.717) is 12.7 Å². The van der Waals surface area contributed by atoms with Crippen LogP contribution in [0.1, 0.15) is 45.4 Å². The summed E-state index contributed by atoms with van der Waals surface area (Å²) in [5.41, 5.74) is -4.99. The molecule has 0 aliphatic rings. The van der Waals surface area contributed by atoms with Crippen molar-refractivity contribution in [1.82, 2.24) is 9.13 Å². The fraction of sp³-hybridized carbons (Fsp3) is 0.429. The van der Waals surface area contributed by atoms with Crippen molar-refractivity contribution in [3.05, 3.63) is 56.1 Å². The Hall–Kier alpha value is -2.87. The fourth-order valence-corrected chi connectivity index (χ4v) is 3.86. The van der Waals surface area contributed by atoms with Crippen LogP contribution in [0.5, 0.6) is 0 Å². The Morgan fingerprint density at radius 2 is 1.81 bits per heavy atom. The van der Waals surface area contributed by atoms with Crippen molar-refractivity contribution >= 4 is 18.0 Å². The van der Waals surface area contributed by atoms with E-state index < -0.39 is 39.9 Å². The van der Waals surface area contributed by atoms with Crippen LogP contribution in [0, 0.1) is 23.1 Å². The van der Waals surface area contributed by atoms with Gasteiger partial charge in [-0.3, -0.25) is 9.36 Å². The number of benzene rings is 1. The lowest BCUT2D eigenvalue weighted by Crippen LogP contribution is -2.41. The van der Waals surface area contributed by atoms with Gasteiger partial charge in [0.25, 0.3) is 5.56 Å². The summed E-state index contributed by atoms with van der Waals surface area (Å²) in [6.45, 7) is 7.66. The normalized spacial score (nSPS) is 12.9. The number of carbonyl (C=O) groups is 1. The molecule has 1 aromatic heterocycles. The Bertz CT molecular complexity index is 1130. The van der Waals surface area contributed by atoms with Crippen LogP contribution in [0.25, 0.3) is 5.69 Å². The minimum Gasteiger partial charge on any atom is -0.302 e. The minimum atomic E-state index is -4.95. The van der Waals surface area contributed by atoms with Gasteiger partial charge in [0, 0.05) is 18.0 Å². The summed E-state index contributed by atoms with van der Waals surface area (Å²) in [6, 6.07) is 3.77. The lowest BCUT2D eigenvalue weighted by atomic mass is 10.1. The van der Waals surface area contributed by atoms with E-state index >= 15 is 0 Å². The van der Waals surface area contributed by atoms with Gasteiger partial charge in [-0.15, -0.1) is 11.8 Å². The summed E-state index contributed by atoms with van der Waals surface area (Å²) < 4.78 is 54.1.